The summed E-state index contributed by atoms with van der Waals surface area (Å²) in [6.07, 6.45) is 0. The van der Waals surface area contributed by atoms with Crippen LogP contribution in [0.15, 0.2) is 22.7 Å². The summed E-state index contributed by atoms with van der Waals surface area (Å²) in [4.78, 5) is 11.0. The molecule has 1 aromatic carbocycles. The van der Waals surface area contributed by atoms with Crippen LogP contribution in [-0.2, 0) is 4.79 Å². The number of carbonyl (C=O) groups is 1. The Morgan fingerprint density at radius 1 is 1.50 bits per heavy atom. The average molecular weight is 311 g/mol. The molecule has 0 radical (unpaired) electrons. The second-order valence-electron chi connectivity index (χ2n) is 3.87. The number of hydrogen-bond donors (Lipinski definition) is 1. The molecule has 94 valence electrons. The fraction of sp³-hybridized carbons (Fsp3) is 0.273. The van der Waals surface area contributed by atoms with Gasteiger partial charge in [-0.05, 0) is 35.9 Å². The Morgan fingerprint density at radius 3 is 2.89 bits per heavy atom. The van der Waals surface area contributed by atoms with Crippen LogP contribution in [0, 0.1) is 6.92 Å². The van der Waals surface area contributed by atoms with Gasteiger partial charge < -0.3 is 5.11 Å². The monoisotopic (exact) mass is 310 g/mol. The molecule has 0 bridgehead atoms. The standard InChI is InChI=1S/C11H11BrN4O2/c1-6-8(4-3-5-9(6)12)10-13-14-15-16(10)7(2)11(17)18/h3-5,7H,1-2H3,(H,17,18). The summed E-state index contributed by atoms with van der Waals surface area (Å²) in [5.41, 5.74) is 1.77. The largest absolute Gasteiger partial charge is 0.480 e. The summed E-state index contributed by atoms with van der Waals surface area (Å²) >= 11 is 3.43. The van der Waals surface area contributed by atoms with Crippen molar-refractivity contribution in [2.75, 3.05) is 0 Å². The highest BCUT2D eigenvalue weighted by molar-refractivity contribution is 9.10. The maximum atomic E-state index is 11.0. The van der Waals surface area contributed by atoms with Crippen LogP contribution in [0.1, 0.15) is 18.5 Å². The van der Waals surface area contributed by atoms with Gasteiger partial charge in [-0.1, -0.05) is 28.1 Å². The summed E-state index contributed by atoms with van der Waals surface area (Å²) in [6, 6.07) is 4.81. The summed E-state index contributed by atoms with van der Waals surface area (Å²) in [5.74, 6) is -0.528. The first-order chi connectivity index (χ1) is 8.52. The van der Waals surface area contributed by atoms with Gasteiger partial charge in [-0.25, -0.2) is 9.48 Å². The van der Waals surface area contributed by atoms with Crippen LogP contribution < -0.4 is 0 Å². The average Bonchev–Trinajstić information content (AvgIpc) is 2.80. The van der Waals surface area contributed by atoms with E-state index in [1.165, 1.54) is 11.6 Å². The second kappa shape index (κ2) is 4.85. The van der Waals surface area contributed by atoms with Crippen molar-refractivity contribution in [1.82, 2.24) is 20.2 Å². The van der Waals surface area contributed by atoms with Crippen molar-refractivity contribution in [1.29, 1.82) is 0 Å². The first-order valence-electron chi connectivity index (χ1n) is 5.28. The van der Waals surface area contributed by atoms with Gasteiger partial charge in [-0.3, -0.25) is 0 Å². The molecule has 2 rings (SSSR count). The topological polar surface area (TPSA) is 80.9 Å². The lowest BCUT2D eigenvalue weighted by molar-refractivity contribution is -0.140. The van der Waals surface area contributed by atoms with E-state index in [1.54, 1.807) is 0 Å². The maximum absolute atomic E-state index is 11.0. The molecule has 1 N–H and O–H groups in total. The molecule has 1 atom stereocenters. The van der Waals surface area contributed by atoms with E-state index in [4.69, 9.17) is 5.11 Å². The minimum absolute atomic E-state index is 0.448. The van der Waals surface area contributed by atoms with Gasteiger partial charge in [0.25, 0.3) is 0 Å². The van der Waals surface area contributed by atoms with Crippen molar-refractivity contribution in [2.24, 2.45) is 0 Å². The maximum Gasteiger partial charge on any atom is 0.328 e. The third-order valence-electron chi connectivity index (χ3n) is 2.73. The lowest BCUT2D eigenvalue weighted by atomic mass is 10.1. The smallest absolute Gasteiger partial charge is 0.328 e. The van der Waals surface area contributed by atoms with E-state index < -0.39 is 12.0 Å². The van der Waals surface area contributed by atoms with Crippen molar-refractivity contribution in [3.8, 4) is 11.4 Å². The third kappa shape index (κ3) is 2.13. The molecular formula is C11H11BrN4O2. The summed E-state index contributed by atoms with van der Waals surface area (Å²) < 4.78 is 2.23. The van der Waals surface area contributed by atoms with Gasteiger partial charge in [0.2, 0.25) is 0 Å². The molecule has 1 heterocycles. The van der Waals surface area contributed by atoms with Crippen LogP contribution in [0.2, 0.25) is 0 Å². The highest BCUT2D eigenvalue weighted by Crippen LogP contribution is 2.27. The third-order valence-corrected chi connectivity index (χ3v) is 3.58. The second-order valence-corrected chi connectivity index (χ2v) is 4.73. The number of carboxylic acids is 1. The van der Waals surface area contributed by atoms with Gasteiger partial charge >= 0.3 is 5.97 Å². The SMILES string of the molecule is Cc1c(Br)cccc1-c1nnnn1C(C)C(=O)O. The lowest BCUT2D eigenvalue weighted by Gasteiger charge is -2.10. The van der Waals surface area contributed by atoms with Gasteiger partial charge in [-0.15, -0.1) is 5.10 Å². The Morgan fingerprint density at radius 2 is 2.22 bits per heavy atom. The molecule has 0 saturated heterocycles. The molecule has 0 fully saturated rings. The Bertz CT molecular complexity index is 596. The number of aliphatic carboxylic acids is 1. The van der Waals surface area contributed by atoms with E-state index in [-0.39, 0.29) is 0 Å². The quantitative estimate of drug-likeness (QED) is 0.938. The van der Waals surface area contributed by atoms with Crippen LogP contribution >= 0.6 is 15.9 Å². The minimum Gasteiger partial charge on any atom is -0.480 e. The first-order valence-corrected chi connectivity index (χ1v) is 6.08. The first kappa shape index (κ1) is 12.7. The number of hydrogen-bond acceptors (Lipinski definition) is 4. The van der Waals surface area contributed by atoms with E-state index in [0.29, 0.717) is 5.82 Å². The normalized spacial score (nSPS) is 12.4. The number of halogens is 1. The number of carboxylic acid groups (broad SMARTS) is 1. The van der Waals surface area contributed by atoms with E-state index in [0.717, 1.165) is 15.6 Å². The van der Waals surface area contributed by atoms with Crippen molar-refractivity contribution < 1.29 is 9.90 Å². The van der Waals surface area contributed by atoms with Crippen molar-refractivity contribution in [3.05, 3.63) is 28.2 Å². The van der Waals surface area contributed by atoms with E-state index >= 15 is 0 Å². The highest BCUT2D eigenvalue weighted by atomic mass is 79.9. The zero-order chi connectivity index (χ0) is 13.3. The van der Waals surface area contributed by atoms with Crippen LogP contribution in [0.25, 0.3) is 11.4 Å². The Balaban J connectivity index is 2.56. The molecule has 0 amide bonds. The Labute approximate surface area is 112 Å². The van der Waals surface area contributed by atoms with Crippen molar-refractivity contribution >= 4 is 21.9 Å². The summed E-state index contributed by atoms with van der Waals surface area (Å²) in [6.45, 7) is 3.46. The molecule has 1 unspecified atom stereocenters. The Kier molecular flexibility index (Phi) is 3.42. The lowest BCUT2D eigenvalue weighted by Crippen LogP contribution is -2.18. The summed E-state index contributed by atoms with van der Waals surface area (Å²) in [7, 11) is 0. The van der Waals surface area contributed by atoms with Gasteiger partial charge in [0, 0.05) is 10.0 Å². The fourth-order valence-electron chi connectivity index (χ4n) is 1.59. The summed E-state index contributed by atoms with van der Waals surface area (Å²) in [5, 5.41) is 20.2. The van der Waals surface area contributed by atoms with Gasteiger partial charge in [0.05, 0.1) is 0 Å². The molecule has 18 heavy (non-hydrogen) atoms. The molecule has 2 aromatic rings. The van der Waals surface area contributed by atoms with Crippen LogP contribution in [0.5, 0.6) is 0 Å². The predicted octanol–water partition coefficient (Wildman–Crippen LogP) is 2.06. The predicted molar refractivity (Wildman–Crippen MR) is 68.0 cm³/mol. The van der Waals surface area contributed by atoms with Gasteiger partial charge in [0.15, 0.2) is 11.9 Å². The molecule has 7 heteroatoms. The Hall–Kier alpha value is -1.76. The van der Waals surface area contributed by atoms with E-state index in [1.807, 2.05) is 25.1 Å². The van der Waals surface area contributed by atoms with E-state index in [2.05, 4.69) is 31.5 Å². The number of aromatic nitrogens is 4. The highest BCUT2D eigenvalue weighted by Gasteiger charge is 2.21. The zero-order valence-electron chi connectivity index (χ0n) is 9.83. The van der Waals surface area contributed by atoms with Crippen LogP contribution in [0.3, 0.4) is 0 Å². The molecule has 0 spiro atoms. The van der Waals surface area contributed by atoms with Gasteiger partial charge in [-0.2, -0.15) is 0 Å². The number of tetrazole rings is 1. The molecule has 0 aliphatic rings. The molecule has 0 aliphatic heterocycles. The van der Waals surface area contributed by atoms with Crippen molar-refractivity contribution in [2.45, 2.75) is 19.9 Å². The van der Waals surface area contributed by atoms with Crippen LogP contribution in [-0.4, -0.2) is 31.3 Å². The van der Waals surface area contributed by atoms with Gasteiger partial charge in [0.1, 0.15) is 0 Å². The molecule has 0 aliphatic carbocycles. The number of nitrogens with zero attached hydrogens (tertiary/aromatic N) is 4. The molecule has 0 saturated carbocycles. The van der Waals surface area contributed by atoms with E-state index in [9.17, 15) is 4.79 Å². The molecule has 6 nitrogen and oxygen atoms in total. The minimum atomic E-state index is -0.976. The zero-order valence-corrected chi connectivity index (χ0v) is 11.4. The van der Waals surface area contributed by atoms with Crippen molar-refractivity contribution in [3.63, 3.8) is 0 Å². The fourth-order valence-corrected chi connectivity index (χ4v) is 1.95. The number of benzene rings is 1. The number of rotatable bonds is 3. The molecular weight excluding hydrogens is 300 g/mol. The molecule has 1 aromatic heterocycles. The van der Waals surface area contributed by atoms with Crippen LogP contribution in [0.4, 0.5) is 0 Å².